The summed E-state index contributed by atoms with van der Waals surface area (Å²) in [6.45, 7) is 9.39. The van der Waals surface area contributed by atoms with E-state index in [4.69, 9.17) is 9.47 Å². The van der Waals surface area contributed by atoms with Gasteiger partial charge in [0.1, 0.15) is 18.9 Å². The SMILES string of the molecule is CCCCCCCCC(CCCCCC)C(=O)N(C)CC(=O)OCCCCCC(=O)CCCCCOC(=O)CN(C)C(=O)C(CCCCCC)CCCCCCCC. The third kappa shape index (κ3) is 32.4. The molecule has 0 N–H and O–H groups in total. The maximum Gasteiger partial charge on any atom is 0.325 e. The summed E-state index contributed by atoms with van der Waals surface area (Å²) >= 11 is 0. The number of amides is 2. The van der Waals surface area contributed by atoms with E-state index in [1.54, 1.807) is 23.9 Å². The lowest BCUT2D eigenvalue weighted by atomic mass is 9.93. The van der Waals surface area contributed by atoms with Gasteiger partial charge in [-0.05, 0) is 64.2 Å². The minimum atomic E-state index is -0.372. The van der Waals surface area contributed by atoms with Crippen molar-refractivity contribution in [3.63, 3.8) is 0 Å². The Labute approximate surface area is 357 Å². The third-order valence-electron chi connectivity index (χ3n) is 11.5. The van der Waals surface area contributed by atoms with Crippen molar-refractivity contribution >= 4 is 29.5 Å². The average Bonchev–Trinajstić information content (AvgIpc) is 3.20. The number of hydrogen-bond acceptors (Lipinski definition) is 7. The molecule has 9 heteroatoms. The van der Waals surface area contributed by atoms with Crippen LogP contribution in [0.5, 0.6) is 0 Å². The summed E-state index contributed by atoms with van der Waals surface area (Å²) in [5, 5.41) is 0. The summed E-state index contributed by atoms with van der Waals surface area (Å²) < 4.78 is 10.9. The fourth-order valence-corrected chi connectivity index (χ4v) is 7.72. The van der Waals surface area contributed by atoms with Crippen molar-refractivity contribution in [1.82, 2.24) is 9.80 Å². The normalized spacial score (nSPS) is 12.2. The van der Waals surface area contributed by atoms with E-state index < -0.39 is 0 Å². The second-order valence-electron chi connectivity index (χ2n) is 17.2. The molecular formula is C49H92N2O7. The Bertz CT molecular complexity index is 956. The first kappa shape index (κ1) is 55.5. The highest BCUT2D eigenvalue weighted by molar-refractivity contribution is 5.84. The molecule has 58 heavy (non-hydrogen) atoms. The van der Waals surface area contributed by atoms with Crippen molar-refractivity contribution in [1.29, 1.82) is 0 Å². The van der Waals surface area contributed by atoms with Gasteiger partial charge in [-0.3, -0.25) is 24.0 Å². The Balaban J connectivity index is 4.23. The van der Waals surface area contributed by atoms with E-state index in [0.717, 1.165) is 103 Å². The molecule has 9 nitrogen and oxygen atoms in total. The highest BCUT2D eigenvalue weighted by atomic mass is 16.5. The zero-order valence-electron chi connectivity index (χ0n) is 38.9. The molecule has 0 spiro atoms. The molecule has 2 atom stereocenters. The van der Waals surface area contributed by atoms with Gasteiger partial charge in [0.05, 0.1) is 13.2 Å². The quantitative estimate of drug-likeness (QED) is 0.0445. The number of ketones is 1. The monoisotopic (exact) mass is 821 g/mol. The van der Waals surface area contributed by atoms with Gasteiger partial charge in [0.15, 0.2) is 0 Å². The van der Waals surface area contributed by atoms with Gasteiger partial charge >= 0.3 is 11.9 Å². The first-order chi connectivity index (χ1) is 28.1. The summed E-state index contributed by atoms with van der Waals surface area (Å²) in [5.74, 6) is -0.432. The van der Waals surface area contributed by atoms with Crippen LogP contribution in [0.25, 0.3) is 0 Å². The van der Waals surface area contributed by atoms with Crippen LogP contribution in [0.2, 0.25) is 0 Å². The van der Waals surface area contributed by atoms with Crippen LogP contribution in [0.3, 0.4) is 0 Å². The zero-order chi connectivity index (χ0) is 43.1. The van der Waals surface area contributed by atoms with Crippen molar-refractivity contribution in [2.75, 3.05) is 40.4 Å². The first-order valence-corrected chi connectivity index (χ1v) is 24.4. The number of rotatable bonds is 42. The van der Waals surface area contributed by atoms with E-state index in [2.05, 4.69) is 27.7 Å². The van der Waals surface area contributed by atoms with Crippen LogP contribution in [0.1, 0.15) is 233 Å². The predicted octanol–water partition coefficient (Wildman–Crippen LogP) is 12.4. The van der Waals surface area contributed by atoms with E-state index in [0.29, 0.717) is 38.9 Å². The summed E-state index contributed by atoms with van der Waals surface area (Å²) in [6.07, 6.45) is 32.7. The van der Waals surface area contributed by atoms with Gasteiger partial charge in [-0.15, -0.1) is 0 Å². The van der Waals surface area contributed by atoms with Crippen molar-refractivity contribution < 1.29 is 33.4 Å². The Morgan fingerprint density at radius 2 is 0.655 bits per heavy atom. The van der Waals surface area contributed by atoms with Crippen molar-refractivity contribution in [3.8, 4) is 0 Å². The first-order valence-electron chi connectivity index (χ1n) is 24.4. The lowest BCUT2D eigenvalue weighted by Crippen LogP contribution is -2.37. The number of ether oxygens (including phenoxy) is 2. The van der Waals surface area contributed by atoms with E-state index in [1.807, 2.05) is 0 Å². The highest BCUT2D eigenvalue weighted by Gasteiger charge is 2.25. The molecule has 0 saturated carbocycles. The molecule has 0 saturated heterocycles. The maximum absolute atomic E-state index is 13.3. The standard InChI is InChI=1S/C49H92N2O7/c1-7-11-15-19-21-27-35-43(33-25-17-13-9-3)48(55)50(5)41-46(53)57-39-31-23-29-37-45(52)38-30-24-32-40-58-47(54)42-51(6)49(56)44(34-26-18-14-10-4)36-28-22-20-16-12-8-2/h43-44H,7-42H2,1-6H3. The van der Waals surface area contributed by atoms with E-state index in [9.17, 15) is 24.0 Å². The van der Waals surface area contributed by atoms with Crippen LogP contribution in [-0.2, 0) is 33.4 Å². The number of likely N-dealkylation sites (N-methyl/N-ethyl adjacent to an activating group) is 2. The second-order valence-corrected chi connectivity index (χ2v) is 17.2. The number of carbonyl (C=O) groups is 5. The zero-order valence-corrected chi connectivity index (χ0v) is 38.9. The van der Waals surface area contributed by atoms with Gasteiger partial charge in [0.25, 0.3) is 0 Å². The molecule has 0 aliphatic carbocycles. The van der Waals surface area contributed by atoms with Crippen molar-refractivity contribution in [2.24, 2.45) is 11.8 Å². The molecule has 0 fully saturated rings. The number of unbranched alkanes of at least 4 members (excludes halogenated alkanes) is 20. The fraction of sp³-hybridized carbons (Fsp3) is 0.898. The number of carbonyl (C=O) groups excluding carboxylic acids is 5. The molecule has 0 aromatic heterocycles. The minimum Gasteiger partial charge on any atom is -0.464 e. The summed E-state index contributed by atoms with van der Waals surface area (Å²) in [4.78, 5) is 67.0. The maximum atomic E-state index is 13.3. The Hall–Kier alpha value is -2.45. The summed E-state index contributed by atoms with van der Waals surface area (Å²) in [7, 11) is 3.43. The number of hydrogen-bond donors (Lipinski definition) is 0. The molecule has 0 aromatic carbocycles. The Kier molecular flexibility index (Phi) is 38.3. The molecule has 0 radical (unpaired) electrons. The summed E-state index contributed by atoms with van der Waals surface area (Å²) in [5.41, 5.74) is 0. The van der Waals surface area contributed by atoms with Gasteiger partial charge in [0, 0.05) is 38.8 Å². The molecule has 2 unspecified atom stereocenters. The topological polar surface area (TPSA) is 110 Å². The van der Waals surface area contributed by atoms with Crippen molar-refractivity contribution in [3.05, 3.63) is 0 Å². The lowest BCUT2D eigenvalue weighted by molar-refractivity contribution is -0.150. The predicted molar refractivity (Wildman–Crippen MR) is 240 cm³/mol. The van der Waals surface area contributed by atoms with Crippen LogP contribution in [-0.4, -0.2) is 79.7 Å². The largest absolute Gasteiger partial charge is 0.464 e. The average molecular weight is 821 g/mol. The van der Waals surface area contributed by atoms with Crippen LogP contribution in [0, 0.1) is 11.8 Å². The highest BCUT2D eigenvalue weighted by Crippen LogP contribution is 2.23. The smallest absolute Gasteiger partial charge is 0.325 e. The van der Waals surface area contributed by atoms with Crippen LogP contribution in [0.4, 0.5) is 0 Å². The molecule has 0 bridgehead atoms. The Morgan fingerprint density at radius 1 is 0.379 bits per heavy atom. The fourth-order valence-electron chi connectivity index (χ4n) is 7.72. The van der Waals surface area contributed by atoms with Gasteiger partial charge in [-0.1, -0.05) is 156 Å². The number of Topliss-reactive ketones (excluding diaryl/α,β-unsaturated/α-hetero) is 1. The van der Waals surface area contributed by atoms with Crippen LogP contribution >= 0.6 is 0 Å². The van der Waals surface area contributed by atoms with E-state index >= 15 is 0 Å². The van der Waals surface area contributed by atoms with Gasteiger partial charge in [-0.2, -0.15) is 0 Å². The molecule has 2 amide bonds. The van der Waals surface area contributed by atoms with Crippen LogP contribution in [0.15, 0.2) is 0 Å². The molecule has 0 aliphatic heterocycles. The minimum absolute atomic E-state index is 0.0196. The van der Waals surface area contributed by atoms with Crippen LogP contribution < -0.4 is 0 Å². The van der Waals surface area contributed by atoms with Crippen molar-refractivity contribution in [2.45, 2.75) is 233 Å². The van der Waals surface area contributed by atoms with Gasteiger partial charge in [-0.25, -0.2) is 0 Å². The number of nitrogens with zero attached hydrogens (tertiary/aromatic N) is 2. The van der Waals surface area contributed by atoms with Gasteiger partial charge < -0.3 is 19.3 Å². The van der Waals surface area contributed by atoms with Gasteiger partial charge in [0.2, 0.25) is 11.8 Å². The second kappa shape index (κ2) is 40.0. The molecule has 0 rings (SSSR count). The molecule has 340 valence electrons. The lowest BCUT2D eigenvalue weighted by Gasteiger charge is -2.23. The Morgan fingerprint density at radius 3 is 0.983 bits per heavy atom. The molecule has 0 heterocycles. The molecule has 0 aliphatic rings. The van der Waals surface area contributed by atoms with E-state index in [1.165, 1.54) is 77.0 Å². The van der Waals surface area contributed by atoms with E-state index in [-0.39, 0.29) is 54.5 Å². The third-order valence-corrected chi connectivity index (χ3v) is 11.5. The molecule has 0 aromatic rings. The molecular weight excluding hydrogens is 729 g/mol. The number of esters is 2. The summed E-state index contributed by atoms with van der Waals surface area (Å²) in [6, 6.07) is 0.